The van der Waals surface area contributed by atoms with Gasteiger partial charge in [-0.3, -0.25) is 0 Å². The van der Waals surface area contributed by atoms with Crippen molar-refractivity contribution >= 4 is 13.3 Å². The fourth-order valence-corrected chi connectivity index (χ4v) is 3.66. The van der Waals surface area contributed by atoms with Crippen LogP contribution in [-0.2, 0) is 11.3 Å². The summed E-state index contributed by atoms with van der Waals surface area (Å²) in [6.45, 7) is 9.89. The minimum atomic E-state index is -1.20. The third-order valence-electron chi connectivity index (χ3n) is 4.03. The predicted molar refractivity (Wildman–Crippen MR) is 86.1 cm³/mol. The molecule has 2 rings (SSSR count). The van der Waals surface area contributed by atoms with E-state index in [0.717, 1.165) is 19.4 Å². The van der Waals surface area contributed by atoms with Crippen molar-refractivity contribution in [2.45, 2.75) is 44.6 Å². The van der Waals surface area contributed by atoms with Crippen molar-refractivity contribution in [3.8, 4) is 0 Å². The molecule has 1 heterocycles. The van der Waals surface area contributed by atoms with Gasteiger partial charge >= 0.3 is 0 Å². The van der Waals surface area contributed by atoms with Gasteiger partial charge in [0.05, 0.1) is 13.7 Å². The van der Waals surface area contributed by atoms with Crippen LogP contribution < -0.4 is 10.5 Å². The number of benzene rings is 1. The molecule has 0 spiro atoms. The van der Waals surface area contributed by atoms with Gasteiger partial charge in [-0.25, -0.2) is 0 Å². The number of aliphatic hydroxyl groups is 1. The van der Waals surface area contributed by atoms with E-state index in [1.54, 1.807) is 0 Å². The van der Waals surface area contributed by atoms with Gasteiger partial charge < -0.3 is 15.2 Å². The second kappa shape index (κ2) is 6.39. The normalized spacial score (nSPS) is 19.0. The smallest absolute Gasteiger partial charge is 0.0815 e. The summed E-state index contributed by atoms with van der Waals surface area (Å²) in [4.78, 5) is 0. The fraction of sp³-hybridized carbons (Fsp3) is 0.625. The molecule has 1 saturated heterocycles. The van der Waals surface area contributed by atoms with E-state index in [-0.39, 0.29) is 0 Å². The molecule has 1 fully saturated rings. The van der Waals surface area contributed by atoms with Crippen LogP contribution in [0.2, 0.25) is 19.6 Å². The van der Waals surface area contributed by atoms with Crippen LogP contribution >= 0.6 is 0 Å². The molecule has 20 heavy (non-hydrogen) atoms. The molecule has 0 saturated carbocycles. The molecule has 0 aliphatic carbocycles. The summed E-state index contributed by atoms with van der Waals surface area (Å²) in [5.41, 5.74) is 0.693. The molecule has 1 aliphatic heterocycles. The summed E-state index contributed by atoms with van der Waals surface area (Å²) >= 11 is 0. The van der Waals surface area contributed by atoms with Gasteiger partial charge in [-0.05, 0) is 5.56 Å². The Bertz CT molecular complexity index is 419. The second-order valence-corrected chi connectivity index (χ2v) is 12.0. The highest BCUT2D eigenvalue weighted by Gasteiger charge is 2.29. The second-order valence-electron chi connectivity index (χ2n) is 6.89. The zero-order valence-corrected chi connectivity index (χ0v) is 13.9. The Hall–Kier alpha value is -0.683. The first kappa shape index (κ1) is 15.7. The SMILES string of the molecule is C[Si](C)(C)c1ccc(CNCC2(O)CCOCC2)cc1. The molecule has 0 radical (unpaired) electrons. The summed E-state index contributed by atoms with van der Waals surface area (Å²) in [6.07, 6.45) is 1.46. The molecule has 2 N–H and O–H groups in total. The number of nitrogens with one attached hydrogen (secondary N) is 1. The molecule has 0 unspecified atom stereocenters. The van der Waals surface area contributed by atoms with E-state index in [1.165, 1.54) is 10.8 Å². The van der Waals surface area contributed by atoms with Crippen LogP contribution in [0.1, 0.15) is 18.4 Å². The van der Waals surface area contributed by atoms with Crippen molar-refractivity contribution in [1.29, 1.82) is 0 Å². The van der Waals surface area contributed by atoms with Crippen molar-refractivity contribution < 1.29 is 9.84 Å². The van der Waals surface area contributed by atoms with E-state index < -0.39 is 13.7 Å². The Kier molecular flexibility index (Phi) is 5.02. The lowest BCUT2D eigenvalue weighted by atomic mass is 9.94. The van der Waals surface area contributed by atoms with Crippen LogP contribution in [0.15, 0.2) is 24.3 Å². The van der Waals surface area contributed by atoms with Crippen molar-refractivity contribution in [3.63, 3.8) is 0 Å². The molecule has 1 aliphatic rings. The Balaban J connectivity index is 1.82. The van der Waals surface area contributed by atoms with Crippen LogP contribution in [-0.4, -0.2) is 38.5 Å². The molecule has 112 valence electrons. The average molecular weight is 293 g/mol. The highest BCUT2D eigenvalue weighted by Crippen LogP contribution is 2.19. The molecule has 0 amide bonds. The van der Waals surface area contributed by atoms with Gasteiger partial charge in [0.1, 0.15) is 0 Å². The third kappa shape index (κ3) is 4.41. The zero-order chi connectivity index (χ0) is 14.6. The van der Waals surface area contributed by atoms with Crippen molar-refractivity contribution in [1.82, 2.24) is 5.32 Å². The molecular weight excluding hydrogens is 266 g/mol. The Morgan fingerprint density at radius 3 is 2.30 bits per heavy atom. The van der Waals surface area contributed by atoms with Gasteiger partial charge in [-0.1, -0.05) is 49.1 Å². The fourth-order valence-electron chi connectivity index (χ4n) is 2.49. The summed E-state index contributed by atoms with van der Waals surface area (Å²) < 4.78 is 5.29. The number of rotatable bonds is 5. The Morgan fingerprint density at radius 1 is 1.15 bits per heavy atom. The number of ether oxygens (including phenoxy) is 1. The van der Waals surface area contributed by atoms with Crippen molar-refractivity contribution in [2.75, 3.05) is 19.8 Å². The molecular formula is C16H27NO2Si. The van der Waals surface area contributed by atoms with Gasteiger partial charge in [-0.2, -0.15) is 0 Å². The van der Waals surface area contributed by atoms with E-state index in [0.29, 0.717) is 19.8 Å². The van der Waals surface area contributed by atoms with E-state index in [9.17, 15) is 5.11 Å². The molecule has 4 heteroatoms. The first-order chi connectivity index (χ1) is 9.39. The van der Waals surface area contributed by atoms with Gasteiger partial charge in [0.2, 0.25) is 0 Å². The topological polar surface area (TPSA) is 41.5 Å². The first-order valence-corrected chi connectivity index (χ1v) is 11.0. The van der Waals surface area contributed by atoms with E-state index >= 15 is 0 Å². The summed E-state index contributed by atoms with van der Waals surface area (Å²) in [7, 11) is -1.20. The largest absolute Gasteiger partial charge is 0.388 e. The van der Waals surface area contributed by atoms with Crippen LogP contribution in [0.3, 0.4) is 0 Å². The van der Waals surface area contributed by atoms with Crippen LogP contribution in [0.4, 0.5) is 0 Å². The zero-order valence-electron chi connectivity index (χ0n) is 12.9. The van der Waals surface area contributed by atoms with Crippen LogP contribution in [0.25, 0.3) is 0 Å². The van der Waals surface area contributed by atoms with E-state index in [4.69, 9.17) is 4.74 Å². The standard InChI is InChI=1S/C16H27NO2Si/c1-20(2,3)15-6-4-14(5-7-15)12-17-13-16(18)8-10-19-11-9-16/h4-7,17-18H,8-13H2,1-3H3. The number of hydrogen-bond acceptors (Lipinski definition) is 3. The maximum Gasteiger partial charge on any atom is 0.0815 e. The molecule has 1 aromatic rings. The molecule has 0 atom stereocenters. The Morgan fingerprint density at radius 2 is 1.75 bits per heavy atom. The highest BCUT2D eigenvalue weighted by atomic mass is 28.3. The third-order valence-corrected chi connectivity index (χ3v) is 6.09. The van der Waals surface area contributed by atoms with Gasteiger partial charge in [0.15, 0.2) is 0 Å². The van der Waals surface area contributed by atoms with Gasteiger partial charge in [-0.15, -0.1) is 0 Å². The quantitative estimate of drug-likeness (QED) is 0.814. The van der Waals surface area contributed by atoms with Gasteiger partial charge in [0, 0.05) is 39.1 Å². The lowest BCUT2D eigenvalue weighted by molar-refractivity contribution is -0.0617. The van der Waals surface area contributed by atoms with Gasteiger partial charge in [0.25, 0.3) is 0 Å². The first-order valence-electron chi connectivity index (χ1n) is 7.49. The van der Waals surface area contributed by atoms with Crippen molar-refractivity contribution in [2.24, 2.45) is 0 Å². The number of hydrogen-bond donors (Lipinski definition) is 2. The van der Waals surface area contributed by atoms with Crippen LogP contribution in [0.5, 0.6) is 0 Å². The lowest BCUT2D eigenvalue weighted by Gasteiger charge is -2.32. The Labute approximate surface area is 123 Å². The highest BCUT2D eigenvalue weighted by molar-refractivity contribution is 6.88. The molecule has 0 aromatic heterocycles. The average Bonchev–Trinajstić information content (AvgIpc) is 2.39. The molecule has 3 nitrogen and oxygen atoms in total. The summed E-state index contributed by atoms with van der Waals surface area (Å²) in [6, 6.07) is 8.92. The monoisotopic (exact) mass is 293 g/mol. The van der Waals surface area contributed by atoms with Crippen LogP contribution in [0, 0.1) is 0 Å². The van der Waals surface area contributed by atoms with E-state index in [1.807, 2.05) is 0 Å². The molecule has 1 aromatic carbocycles. The van der Waals surface area contributed by atoms with E-state index in [2.05, 4.69) is 49.2 Å². The lowest BCUT2D eigenvalue weighted by Crippen LogP contribution is -2.44. The van der Waals surface area contributed by atoms with Crippen molar-refractivity contribution in [3.05, 3.63) is 29.8 Å². The molecule has 0 bridgehead atoms. The predicted octanol–water partition coefficient (Wildman–Crippen LogP) is 1.86. The maximum absolute atomic E-state index is 10.4. The minimum absolute atomic E-state index is 0.587. The minimum Gasteiger partial charge on any atom is -0.388 e. The maximum atomic E-state index is 10.4. The summed E-state index contributed by atoms with van der Waals surface area (Å²) in [5, 5.41) is 15.2. The summed E-state index contributed by atoms with van der Waals surface area (Å²) in [5.74, 6) is 0.